The van der Waals surface area contributed by atoms with Crippen LogP contribution in [0.15, 0.2) is 11.3 Å². The molecule has 0 bridgehead atoms. The van der Waals surface area contributed by atoms with Gasteiger partial charge in [0.25, 0.3) is 0 Å². The molecule has 3 heterocycles. The largest absolute Gasteiger partial charge is 0.444 e. The molecule has 0 unspecified atom stereocenters. The summed E-state index contributed by atoms with van der Waals surface area (Å²) in [5.41, 5.74) is 1.56. The highest BCUT2D eigenvalue weighted by molar-refractivity contribution is 5.90. The summed E-state index contributed by atoms with van der Waals surface area (Å²) in [5, 5.41) is 2.95. The predicted molar refractivity (Wildman–Crippen MR) is 87.9 cm³/mol. The number of nitrogens with zero attached hydrogens (tertiary/aromatic N) is 4. The van der Waals surface area contributed by atoms with E-state index in [2.05, 4.69) is 25.2 Å². The lowest BCUT2D eigenvalue weighted by Crippen LogP contribution is -2.46. The van der Waals surface area contributed by atoms with Crippen molar-refractivity contribution in [2.45, 2.75) is 51.8 Å². The molecule has 124 valence electrons. The standard InChI is InChI=1S/C16H23N5O2/c1-16(2,3)23-15(22)20-11-4-6-21(7-5-11)14-12-8-17-9-13(12)18-10-19-14/h8,10-11H,4-7,9H2,1-3H3,(H,20,22). The Morgan fingerprint density at radius 3 is 2.74 bits per heavy atom. The Balaban J connectivity index is 1.56. The summed E-state index contributed by atoms with van der Waals surface area (Å²) < 4.78 is 5.31. The van der Waals surface area contributed by atoms with Crippen molar-refractivity contribution in [1.82, 2.24) is 15.3 Å². The van der Waals surface area contributed by atoms with Crippen LogP contribution in [0.3, 0.4) is 0 Å². The van der Waals surface area contributed by atoms with E-state index in [1.54, 1.807) is 6.33 Å². The monoisotopic (exact) mass is 317 g/mol. The average Bonchev–Trinajstić information content (AvgIpc) is 2.94. The maximum atomic E-state index is 11.8. The van der Waals surface area contributed by atoms with Gasteiger partial charge in [0.2, 0.25) is 0 Å². The lowest BCUT2D eigenvalue weighted by atomic mass is 10.0. The van der Waals surface area contributed by atoms with Gasteiger partial charge in [0, 0.05) is 25.3 Å². The van der Waals surface area contributed by atoms with E-state index in [1.807, 2.05) is 27.0 Å². The fraction of sp³-hybridized carbons (Fsp3) is 0.625. The van der Waals surface area contributed by atoms with Crippen molar-refractivity contribution in [2.24, 2.45) is 4.99 Å². The third-order valence-corrected chi connectivity index (χ3v) is 3.92. The number of fused-ring (bicyclic) bond motifs is 1. The lowest BCUT2D eigenvalue weighted by Gasteiger charge is -2.34. The molecule has 0 spiro atoms. The van der Waals surface area contributed by atoms with Crippen LogP contribution in [-0.4, -0.2) is 47.0 Å². The molecule has 2 aliphatic rings. The fourth-order valence-corrected chi connectivity index (χ4v) is 2.86. The van der Waals surface area contributed by atoms with E-state index >= 15 is 0 Å². The third-order valence-electron chi connectivity index (χ3n) is 3.92. The quantitative estimate of drug-likeness (QED) is 0.901. The number of rotatable bonds is 2. The van der Waals surface area contributed by atoms with E-state index in [-0.39, 0.29) is 12.1 Å². The molecule has 1 saturated heterocycles. The van der Waals surface area contributed by atoms with Gasteiger partial charge in [0.1, 0.15) is 17.7 Å². The molecule has 23 heavy (non-hydrogen) atoms. The number of anilines is 1. The summed E-state index contributed by atoms with van der Waals surface area (Å²) in [6.07, 6.45) is 4.86. The second kappa shape index (κ2) is 6.14. The molecular weight excluding hydrogens is 294 g/mol. The Morgan fingerprint density at radius 2 is 2.04 bits per heavy atom. The minimum absolute atomic E-state index is 0.143. The van der Waals surface area contributed by atoms with Crippen molar-refractivity contribution in [2.75, 3.05) is 18.0 Å². The SMILES string of the molecule is CC(C)(C)OC(=O)NC1CCN(c2ncnc3c2C=NC3)CC1. The van der Waals surface area contributed by atoms with Crippen LogP contribution in [0, 0.1) is 0 Å². The number of piperidine rings is 1. The van der Waals surface area contributed by atoms with E-state index in [4.69, 9.17) is 4.74 Å². The van der Waals surface area contributed by atoms with Gasteiger partial charge < -0.3 is 15.0 Å². The number of ether oxygens (including phenoxy) is 1. The molecule has 7 heteroatoms. The summed E-state index contributed by atoms with van der Waals surface area (Å²) in [6, 6.07) is 0.143. The normalized spacial score (nSPS) is 18.0. The second-order valence-corrected chi connectivity index (χ2v) is 6.93. The number of aliphatic imine (C=N–C) groups is 1. The summed E-state index contributed by atoms with van der Waals surface area (Å²) in [5.74, 6) is 0.951. The van der Waals surface area contributed by atoms with E-state index in [1.165, 1.54) is 0 Å². The first-order valence-corrected chi connectivity index (χ1v) is 8.00. The van der Waals surface area contributed by atoms with Crippen LogP contribution in [0.5, 0.6) is 0 Å². The van der Waals surface area contributed by atoms with E-state index in [0.29, 0.717) is 6.54 Å². The lowest BCUT2D eigenvalue weighted by molar-refractivity contribution is 0.0497. The summed E-state index contributed by atoms with van der Waals surface area (Å²) >= 11 is 0. The average molecular weight is 317 g/mol. The maximum Gasteiger partial charge on any atom is 0.407 e. The zero-order chi connectivity index (χ0) is 16.4. The van der Waals surface area contributed by atoms with Gasteiger partial charge in [-0.1, -0.05) is 0 Å². The number of alkyl carbamates (subject to hydrolysis) is 1. The van der Waals surface area contributed by atoms with E-state index in [0.717, 1.165) is 43.0 Å². The highest BCUT2D eigenvalue weighted by atomic mass is 16.6. The Morgan fingerprint density at radius 1 is 1.30 bits per heavy atom. The zero-order valence-corrected chi connectivity index (χ0v) is 13.9. The summed E-state index contributed by atoms with van der Waals surface area (Å²) in [6.45, 7) is 7.93. The molecule has 0 radical (unpaired) electrons. The molecular formula is C16H23N5O2. The summed E-state index contributed by atoms with van der Waals surface area (Å²) in [4.78, 5) is 27.0. The van der Waals surface area contributed by atoms with Gasteiger partial charge in [-0.25, -0.2) is 14.8 Å². The van der Waals surface area contributed by atoms with Crippen LogP contribution in [0.4, 0.5) is 10.6 Å². The van der Waals surface area contributed by atoms with Gasteiger partial charge in [-0.05, 0) is 33.6 Å². The third kappa shape index (κ3) is 3.78. The molecule has 2 aliphatic heterocycles. The minimum Gasteiger partial charge on any atom is -0.444 e. The van der Waals surface area contributed by atoms with Gasteiger partial charge in [-0.15, -0.1) is 0 Å². The van der Waals surface area contributed by atoms with Gasteiger partial charge in [0.15, 0.2) is 0 Å². The van der Waals surface area contributed by atoms with Crippen LogP contribution in [0.2, 0.25) is 0 Å². The number of nitrogens with one attached hydrogen (secondary N) is 1. The first kappa shape index (κ1) is 15.7. The second-order valence-electron chi connectivity index (χ2n) is 6.93. The van der Waals surface area contributed by atoms with Crippen molar-refractivity contribution >= 4 is 18.1 Å². The zero-order valence-electron chi connectivity index (χ0n) is 13.9. The molecule has 1 fully saturated rings. The highest BCUT2D eigenvalue weighted by Crippen LogP contribution is 2.25. The maximum absolute atomic E-state index is 11.8. The number of hydrogen-bond donors (Lipinski definition) is 1. The molecule has 1 aromatic heterocycles. The van der Waals surface area contributed by atoms with Crippen molar-refractivity contribution in [3.8, 4) is 0 Å². The number of hydrogen-bond acceptors (Lipinski definition) is 6. The van der Waals surface area contributed by atoms with Gasteiger partial charge in [-0.2, -0.15) is 0 Å². The topological polar surface area (TPSA) is 79.7 Å². The Labute approximate surface area is 136 Å². The molecule has 0 atom stereocenters. The molecule has 0 aliphatic carbocycles. The Kier molecular flexibility index (Phi) is 4.19. The van der Waals surface area contributed by atoms with Crippen LogP contribution in [0.1, 0.15) is 44.9 Å². The van der Waals surface area contributed by atoms with Crippen LogP contribution in [0.25, 0.3) is 0 Å². The van der Waals surface area contributed by atoms with Crippen LogP contribution in [-0.2, 0) is 11.3 Å². The first-order chi connectivity index (χ1) is 10.9. The molecule has 0 saturated carbocycles. The molecule has 7 nitrogen and oxygen atoms in total. The predicted octanol–water partition coefficient (Wildman–Crippen LogP) is 1.90. The number of carbonyl (C=O) groups is 1. The molecule has 1 aromatic rings. The van der Waals surface area contributed by atoms with Crippen molar-refractivity contribution in [3.63, 3.8) is 0 Å². The van der Waals surface area contributed by atoms with Gasteiger partial charge >= 0.3 is 6.09 Å². The van der Waals surface area contributed by atoms with Crippen LogP contribution >= 0.6 is 0 Å². The van der Waals surface area contributed by atoms with Crippen molar-refractivity contribution in [3.05, 3.63) is 17.6 Å². The first-order valence-electron chi connectivity index (χ1n) is 8.00. The Bertz CT molecular complexity index is 615. The van der Waals surface area contributed by atoms with Crippen molar-refractivity contribution in [1.29, 1.82) is 0 Å². The number of amides is 1. The number of aromatic nitrogens is 2. The van der Waals surface area contributed by atoms with Gasteiger partial charge in [0.05, 0.1) is 17.8 Å². The van der Waals surface area contributed by atoms with Crippen LogP contribution < -0.4 is 10.2 Å². The molecule has 1 N–H and O–H groups in total. The van der Waals surface area contributed by atoms with Gasteiger partial charge in [-0.3, -0.25) is 4.99 Å². The Hall–Kier alpha value is -2.18. The highest BCUT2D eigenvalue weighted by Gasteiger charge is 2.26. The van der Waals surface area contributed by atoms with Crippen molar-refractivity contribution < 1.29 is 9.53 Å². The minimum atomic E-state index is -0.467. The smallest absolute Gasteiger partial charge is 0.407 e. The number of carbonyl (C=O) groups excluding carboxylic acids is 1. The molecule has 3 rings (SSSR count). The molecule has 1 amide bonds. The van der Waals surface area contributed by atoms with E-state index < -0.39 is 5.60 Å². The van der Waals surface area contributed by atoms with E-state index in [9.17, 15) is 4.79 Å². The molecule has 0 aromatic carbocycles. The summed E-state index contributed by atoms with van der Waals surface area (Å²) in [7, 11) is 0. The fourth-order valence-electron chi connectivity index (χ4n) is 2.86.